The highest BCUT2D eigenvalue weighted by Crippen LogP contribution is 2.31. The van der Waals surface area contributed by atoms with E-state index in [2.05, 4.69) is 28.1 Å². The Morgan fingerprint density at radius 1 is 0.882 bits per heavy atom. The maximum atomic E-state index is 13.4. The van der Waals surface area contributed by atoms with Gasteiger partial charge in [0.05, 0.1) is 16.6 Å². The summed E-state index contributed by atoms with van der Waals surface area (Å²) in [5.74, 6) is 0. The zero-order valence-corrected chi connectivity index (χ0v) is 18.5. The Labute approximate surface area is 195 Å². The number of fused-ring (bicyclic) bond motifs is 5. The van der Waals surface area contributed by atoms with Gasteiger partial charge in [0.2, 0.25) is 0 Å². The second kappa shape index (κ2) is 8.32. The molecular weight excluding hydrogens is 426 g/mol. The summed E-state index contributed by atoms with van der Waals surface area (Å²) < 4.78 is 7.37. The monoisotopic (exact) mass is 449 g/mol. The standard InChI is InChI=1S/C28H23N3O3/c32-27-22-11-5-4-10-21(22)26-25(29-27)23-12-6-7-13-24(23)31(26)28(33)34-18-30-16-14-20(15-17-30)19-8-2-1-3-9-19/h1-14H,15-18H2,(H,29,32). The number of H-pyrrole nitrogens is 1. The van der Waals surface area contributed by atoms with Crippen LogP contribution in [0.15, 0.2) is 89.7 Å². The van der Waals surface area contributed by atoms with Gasteiger partial charge in [0, 0.05) is 29.2 Å². The van der Waals surface area contributed by atoms with Gasteiger partial charge < -0.3 is 9.72 Å². The molecule has 3 aromatic carbocycles. The second-order valence-electron chi connectivity index (χ2n) is 8.54. The molecule has 1 N–H and O–H groups in total. The number of carbonyl (C=O) groups excluding carboxylic acids is 1. The Kier molecular flexibility index (Phi) is 5.00. The van der Waals surface area contributed by atoms with E-state index in [4.69, 9.17) is 4.74 Å². The first kappa shape index (κ1) is 20.4. The van der Waals surface area contributed by atoms with Crippen molar-refractivity contribution < 1.29 is 9.53 Å². The number of benzene rings is 3. The Balaban J connectivity index is 1.32. The van der Waals surface area contributed by atoms with Crippen LogP contribution in [0.2, 0.25) is 0 Å². The van der Waals surface area contributed by atoms with Crippen LogP contribution in [0, 0.1) is 0 Å². The van der Waals surface area contributed by atoms with Crippen molar-refractivity contribution >= 4 is 44.4 Å². The fraction of sp³-hybridized carbons (Fsp3) is 0.143. The van der Waals surface area contributed by atoms with Crippen molar-refractivity contribution in [1.29, 1.82) is 0 Å². The molecule has 1 aliphatic heterocycles. The molecule has 2 aromatic heterocycles. The van der Waals surface area contributed by atoms with E-state index in [1.807, 2.05) is 60.7 Å². The van der Waals surface area contributed by atoms with Crippen LogP contribution in [-0.2, 0) is 4.74 Å². The van der Waals surface area contributed by atoms with E-state index in [1.165, 1.54) is 11.1 Å². The summed E-state index contributed by atoms with van der Waals surface area (Å²) in [6.45, 7) is 1.74. The summed E-state index contributed by atoms with van der Waals surface area (Å²) in [4.78, 5) is 31.2. The summed E-state index contributed by atoms with van der Waals surface area (Å²) in [7, 11) is 0. The summed E-state index contributed by atoms with van der Waals surface area (Å²) in [5, 5.41) is 2.08. The first-order valence-electron chi connectivity index (χ1n) is 11.4. The highest BCUT2D eigenvalue weighted by Gasteiger charge is 2.22. The van der Waals surface area contributed by atoms with Crippen LogP contribution >= 0.6 is 0 Å². The zero-order valence-electron chi connectivity index (χ0n) is 18.5. The lowest BCUT2D eigenvalue weighted by Gasteiger charge is -2.26. The van der Waals surface area contributed by atoms with Crippen molar-refractivity contribution in [3.8, 4) is 0 Å². The highest BCUT2D eigenvalue weighted by atomic mass is 16.6. The number of para-hydroxylation sites is 1. The SMILES string of the molecule is O=C(OCN1CC=C(c2ccccc2)CC1)n1c2ccccc2c2[nH]c(=O)c3ccccc3c21. The van der Waals surface area contributed by atoms with Gasteiger partial charge in [-0.3, -0.25) is 9.69 Å². The minimum absolute atomic E-state index is 0.173. The van der Waals surface area contributed by atoms with Gasteiger partial charge in [-0.1, -0.05) is 72.8 Å². The van der Waals surface area contributed by atoms with Gasteiger partial charge in [0.25, 0.3) is 5.56 Å². The van der Waals surface area contributed by atoms with Crippen molar-refractivity contribution in [2.75, 3.05) is 19.8 Å². The average molecular weight is 450 g/mol. The molecule has 1 aliphatic rings. The van der Waals surface area contributed by atoms with E-state index in [0.717, 1.165) is 30.3 Å². The Hall–Kier alpha value is -4.16. The van der Waals surface area contributed by atoms with E-state index in [-0.39, 0.29) is 12.3 Å². The Morgan fingerprint density at radius 2 is 1.59 bits per heavy atom. The average Bonchev–Trinajstić information content (AvgIpc) is 3.23. The van der Waals surface area contributed by atoms with Gasteiger partial charge in [-0.15, -0.1) is 0 Å². The maximum Gasteiger partial charge on any atom is 0.420 e. The van der Waals surface area contributed by atoms with E-state index in [9.17, 15) is 9.59 Å². The molecule has 0 bridgehead atoms. The first-order valence-corrected chi connectivity index (χ1v) is 11.4. The van der Waals surface area contributed by atoms with E-state index < -0.39 is 6.09 Å². The minimum Gasteiger partial charge on any atom is -0.433 e. The number of rotatable bonds is 3. The summed E-state index contributed by atoms with van der Waals surface area (Å²) in [6.07, 6.45) is 2.65. The highest BCUT2D eigenvalue weighted by molar-refractivity contribution is 6.18. The van der Waals surface area contributed by atoms with Crippen molar-refractivity contribution in [3.05, 3.63) is 101 Å². The number of nitrogens with zero attached hydrogens (tertiary/aromatic N) is 2. The number of aromatic nitrogens is 2. The van der Waals surface area contributed by atoms with Gasteiger partial charge in [-0.05, 0) is 29.7 Å². The van der Waals surface area contributed by atoms with Gasteiger partial charge in [0.15, 0.2) is 0 Å². The molecule has 0 saturated carbocycles. The van der Waals surface area contributed by atoms with Crippen molar-refractivity contribution in [2.24, 2.45) is 0 Å². The third kappa shape index (κ3) is 3.40. The predicted molar refractivity (Wildman–Crippen MR) is 135 cm³/mol. The number of carbonyl (C=O) groups is 1. The molecule has 0 radical (unpaired) electrons. The van der Waals surface area contributed by atoms with Gasteiger partial charge in [-0.25, -0.2) is 9.36 Å². The van der Waals surface area contributed by atoms with Crippen LogP contribution in [0.5, 0.6) is 0 Å². The molecule has 5 aromatic rings. The molecule has 6 nitrogen and oxygen atoms in total. The first-order chi connectivity index (χ1) is 16.7. The van der Waals surface area contributed by atoms with E-state index in [1.54, 1.807) is 10.6 Å². The van der Waals surface area contributed by atoms with Crippen LogP contribution < -0.4 is 5.56 Å². The van der Waals surface area contributed by atoms with Gasteiger partial charge >= 0.3 is 6.09 Å². The Morgan fingerprint density at radius 3 is 2.35 bits per heavy atom. The lowest BCUT2D eigenvalue weighted by atomic mass is 10.00. The van der Waals surface area contributed by atoms with Crippen LogP contribution in [0.25, 0.3) is 38.3 Å². The maximum absolute atomic E-state index is 13.4. The van der Waals surface area contributed by atoms with E-state index >= 15 is 0 Å². The van der Waals surface area contributed by atoms with Crippen molar-refractivity contribution in [2.45, 2.75) is 6.42 Å². The van der Waals surface area contributed by atoms with Crippen LogP contribution in [-0.4, -0.2) is 40.4 Å². The number of hydrogen-bond acceptors (Lipinski definition) is 4. The molecule has 0 amide bonds. The topological polar surface area (TPSA) is 67.3 Å². The third-order valence-corrected chi connectivity index (χ3v) is 6.53. The molecule has 0 spiro atoms. The lowest BCUT2D eigenvalue weighted by Crippen LogP contribution is -2.32. The molecule has 0 saturated heterocycles. The second-order valence-corrected chi connectivity index (χ2v) is 8.54. The number of hydrogen-bond donors (Lipinski definition) is 1. The Bertz CT molecular complexity index is 1630. The zero-order chi connectivity index (χ0) is 23.1. The fourth-order valence-corrected chi connectivity index (χ4v) is 4.83. The lowest BCUT2D eigenvalue weighted by molar-refractivity contribution is 0.0770. The van der Waals surface area contributed by atoms with Crippen LogP contribution in [0.4, 0.5) is 4.79 Å². The van der Waals surface area contributed by atoms with E-state index in [0.29, 0.717) is 21.9 Å². The minimum atomic E-state index is -0.457. The predicted octanol–water partition coefficient (Wildman–Crippen LogP) is 5.37. The molecule has 6 heteroatoms. The molecule has 0 aliphatic carbocycles. The van der Waals surface area contributed by atoms with Crippen molar-refractivity contribution in [3.63, 3.8) is 0 Å². The number of aromatic amines is 1. The molecular formula is C28H23N3O3. The normalized spacial score (nSPS) is 14.5. The van der Waals surface area contributed by atoms with Gasteiger partial charge in [-0.2, -0.15) is 0 Å². The molecule has 0 unspecified atom stereocenters. The molecule has 0 fully saturated rings. The number of pyridine rings is 1. The van der Waals surface area contributed by atoms with Crippen LogP contribution in [0.3, 0.4) is 0 Å². The molecule has 34 heavy (non-hydrogen) atoms. The molecule has 6 rings (SSSR count). The quantitative estimate of drug-likeness (QED) is 0.402. The fourth-order valence-electron chi connectivity index (χ4n) is 4.83. The summed E-state index contributed by atoms with van der Waals surface area (Å²) in [5.41, 5.74) is 4.40. The summed E-state index contributed by atoms with van der Waals surface area (Å²) in [6, 6.07) is 25.3. The third-order valence-electron chi connectivity index (χ3n) is 6.53. The van der Waals surface area contributed by atoms with Crippen LogP contribution in [0.1, 0.15) is 12.0 Å². The molecule has 0 atom stereocenters. The van der Waals surface area contributed by atoms with Gasteiger partial charge in [0.1, 0.15) is 6.73 Å². The molecule has 168 valence electrons. The molecule has 3 heterocycles. The van der Waals surface area contributed by atoms with Crippen molar-refractivity contribution in [1.82, 2.24) is 14.5 Å². The number of ether oxygens (including phenoxy) is 1. The summed E-state index contributed by atoms with van der Waals surface area (Å²) >= 11 is 0. The number of nitrogens with one attached hydrogen (secondary N) is 1. The smallest absolute Gasteiger partial charge is 0.420 e. The largest absolute Gasteiger partial charge is 0.433 e.